The molecule has 2 aromatic heterocycles. The molecule has 1 aliphatic rings. The van der Waals surface area contributed by atoms with Gasteiger partial charge in [-0.05, 0) is 76.3 Å². The molecular formula is C21H26N4S. The third kappa shape index (κ3) is 3.16. The Kier molecular flexibility index (Phi) is 4.81. The van der Waals surface area contributed by atoms with Gasteiger partial charge in [-0.2, -0.15) is 0 Å². The second-order valence-corrected chi connectivity index (χ2v) is 7.94. The summed E-state index contributed by atoms with van der Waals surface area (Å²) >= 11 is 1.85. The number of anilines is 3. The summed E-state index contributed by atoms with van der Waals surface area (Å²) in [4.78, 5) is 14.4. The molecule has 0 spiro atoms. The van der Waals surface area contributed by atoms with E-state index in [4.69, 9.17) is 9.97 Å². The molecule has 0 unspecified atom stereocenters. The molecule has 5 heteroatoms. The van der Waals surface area contributed by atoms with E-state index in [0.717, 1.165) is 41.7 Å². The summed E-state index contributed by atoms with van der Waals surface area (Å²) < 4.78 is 0. The highest BCUT2D eigenvalue weighted by atomic mass is 32.1. The number of benzene rings is 1. The second kappa shape index (κ2) is 7.23. The van der Waals surface area contributed by atoms with Crippen molar-refractivity contribution < 1.29 is 0 Å². The van der Waals surface area contributed by atoms with Crippen LogP contribution < -0.4 is 10.2 Å². The maximum Gasteiger partial charge on any atom is 0.143 e. The quantitative estimate of drug-likeness (QED) is 0.650. The van der Waals surface area contributed by atoms with E-state index in [1.54, 1.807) is 0 Å². The van der Waals surface area contributed by atoms with E-state index in [9.17, 15) is 0 Å². The number of hydrogen-bond acceptors (Lipinski definition) is 5. The first-order chi connectivity index (χ1) is 12.7. The van der Waals surface area contributed by atoms with Gasteiger partial charge in [0.1, 0.15) is 16.5 Å². The van der Waals surface area contributed by atoms with Crippen molar-refractivity contribution in [3.8, 4) is 0 Å². The van der Waals surface area contributed by atoms with E-state index >= 15 is 0 Å². The van der Waals surface area contributed by atoms with E-state index in [1.165, 1.54) is 40.8 Å². The van der Waals surface area contributed by atoms with Crippen LogP contribution in [0, 0.1) is 6.92 Å². The molecule has 0 saturated heterocycles. The molecule has 0 aliphatic heterocycles. The van der Waals surface area contributed by atoms with Gasteiger partial charge in [0, 0.05) is 29.3 Å². The van der Waals surface area contributed by atoms with Gasteiger partial charge in [0.2, 0.25) is 0 Å². The van der Waals surface area contributed by atoms with E-state index in [-0.39, 0.29) is 0 Å². The summed E-state index contributed by atoms with van der Waals surface area (Å²) in [6, 6.07) is 8.67. The maximum atomic E-state index is 4.74. The third-order valence-electron chi connectivity index (χ3n) is 5.19. The van der Waals surface area contributed by atoms with Crippen LogP contribution in [-0.2, 0) is 12.8 Å². The van der Waals surface area contributed by atoms with Gasteiger partial charge in [0.25, 0.3) is 0 Å². The topological polar surface area (TPSA) is 41.0 Å². The molecule has 1 aromatic carbocycles. The van der Waals surface area contributed by atoms with Gasteiger partial charge in [-0.15, -0.1) is 11.3 Å². The van der Waals surface area contributed by atoms with Crippen LogP contribution in [0.3, 0.4) is 0 Å². The van der Waals surface area contributed by atoms with Crippen molar-refractivity contribution in [1.29, 1.82) is 0 Å². The smallest absolute Gasteiger partial charge is 0.143 e. The van der Waals surface area contributed by atoms with Crippen LogP contribution in [0.1, 0.15) is 43.0 Å². The predicted octanol–water partition coefficient (Wildman–Crippen LogP) is 5.47. The molecule has 3 aromatic rings. The summed E-state index contributed by atoms with van der Waals surface area (Å²) in [5.74, 6) is 1.79. The lowest BCUT2D eigenvalue weighted by molar-refractivity contribution is 0.700. The lowest BCUT2D eigenvalue weighted by Gasteiger charge is -2.21. The summed E-state index contributed by atoms with van der Waals surface area (Å²) in [6.45, 7) is 8.41. The molecule has 4 nitrogen and oxygen atoms in total. The highest BCUT2D eigenvalue weighted by Gasteiger charge is 2.20. The van der Waals surface area contributed by atoms with Crippen molar-refractivity contribution in [1.82, 2.24) is 9.97 Å². The minimum atomic E-state index is 0.832. The van der Waals surface area contributed by atoms with Crippen molar-refractivity contribution >= 4 is 38.7 Å². The number of aromatic nitrogens is 2. The zero-order chi connectivity index (χ0) is 18.1. The SMILES string of the molecule is CCN(CC)c1ccc(Nc2nc(C)nc3sc4c(c23)CCCC4)cc1. The average molecular weight is 367 g/mol. The average Bonchev–Trinajstić information content (AvgIpc) is 3.02. The van der Waals surface area contributed by atoms with Gasteiger partial charge >= 0.3 is 0 Å². The van der Waals surface area contributed by atoms with Gasteiger partial charge in [-0.1, -0.05) is 0 Å². The minimum Gasteiger partial charge on any atom is -0.372 e. The molecule has 0 radical (unpaired) electrons. The normalized spacial score (nSPS) is 13.7. The Bertz CT molecular complexity index is 910. The number of aryl methyl sites for hydroxylation is 3. The Labute approximate surface area is 159 Å². The van der Waals surface area contributed by atoms with E-state index in [2.05, 4.69) is 48.3 Å². The first-order valence-electron chi connectivity index (χ1n) is 9.60. The van der Waals surface area contributed by atoms with Crippen LogP contribution in [-0.4, -0.2) is 23.1 Å². The van der Waals surface area contributed by atoms with Gasteiger partial charge in [0.15, 0.2) is 0 Å². The van der Waals surface area contributed by atoms with Crippen LogP contribution in [0.5, 0.6) is 0 Å². The molecule has 1 N–H and O–H groups in total. The maximum absolute atomic E-state index is 4.74. The Morgan fingerprint density at radius 1 is 1.04 bits per heavy atom. The molecule has 136 valence electrons. The van der Waals surface area contributed by atoms with Crippen LogP contribution in [0.2, 0.25) is 0 Å². The fraction of sp³-hybridized carbons (Fsp3) is 0.429. The molecule has 0 amide bonds. The van der Waals surface area contributed by atoms with Crippen molar-refractivity contribution in [2.75, 3.05) is 23.3 Å². The molecule has 0 bridgehead atoms. The van der Waals surface area contributed by atoms with Crippen molar-refractivity contribution in [2.24, 2.45) is 0 Å². The molecule has 0 saturated carbocycles. The van der Waals surface area contributed by atoms with Gasteiger partial charge in [-0.25, -0.2) is 9.97 Å². The predicted molar refractivity (Wildman–Crippen MR) is 112 cm³/mol. The van der Waals surface area contributed by atoms with E-state index in [0.29, 0.717) is 0 Å². The number of thiophene rings is 1. The molecule has 2 heterocycles. The van der Waals surface area contributed by atoms with Crippen LogP contribution in [0.15, 0.2) is 24.3 Å². The van der Waals surface area contributed by atoms with Crippen LogP contribution >= 0.6 is 11.3 Å². The number of rotatable bonds is 5. The number of fused-ring (bicyclic) bond motifs is 3. The van der Waals surface area contributed by atoms with Gasteiger partial charge in [-0.3, -0.25) is 0 Å². The fourth-order valence-electron chi connectivity index (χ4n) is 3.84. The van der Waals surface area contributed by atoms with E-state index in [1.807, 2.05) is 18.3 Å². The summed E-state index contributed by atoms with van der Waals surface area (Å²) in [5, 5.41) is 4.80. The largest absolute Gasteiger partial charge is 0.372 e. The first kappa shape index (κ1) is 17.3. The van der Waals surface area contributed by atoms with Gasteiger partial charge in [0.05, 0.1) is 5.39 Å². The van der Waals surface area contributed by atoms with Crippen molar-refractivity contribution in [3.63, 3.8) is 0 Å². The van der Waals surface area contributed by atoms with Crippen LogP contribution in [0.25, 0.3) is 10.2 Å². The molecule has 4 rings (SSSR count). The number of hydrogen-bond donors (Lipinski definition) is 1. The Morgan fingerprint density at radius 2 is 1.77 bits per heavy atom. The summed E-state index contributed by atoms with van der Waals surface area (Å²) in [5.41, 5.74) is 3.81. The summed E-state index contributed by atoms with van der Waals surface area (Å²) in [6.07, 6.45) is 4.90. The zero-order valence-electron chi connectivity index (χ0n) is 15.8. The lowest BCUT2D eigenvalue weighted by Crippen LogP contribution is -2.21. The first-order valence-corrected chi connectivity index (χ1v) is 10.4. The van der Waals surface area contributed by atoms with Crippen molar-refractivity contribution in [2.45, 2.75) is 46.5 Å². The molecule has 1 aliphatic carbocycles. The second-order valence-electron chi connectivity index (χ2n) is 6.85. The summed E-state index contributed by atoms with van der Waals surface area (Å²) in [7, 11) is 0. The molecular weight excluding hydrogens is 340 g/mol. The third-order valence-corrected chi connectivity index (χ3v) is 6.37. The van der Waals surface area contributed by atoms with Crippen LogP contribution in [0.4, 0.5) is 17.2 Å². The monoisotopic (exact) mass is 366 g/mol. The zero-order valence-corrected chi connectivity index (χ0v) is 16.6. The Balaban J connectivity index is 1.69. The highest BCUT2D eigenvalue weighted by Crippen LogP contribution is 2.39. The molecule has 0 atom stereocenters. The lowest BCUT2D eigenvalue weighted by atomic mass is 9.97. The van der Waals surface area contributed by atoms with Crippen molar-refractivity contribution in [3.05, 3.63) is 40.5 Å². The number of nitrogens with zero attached hydrogens (tertiary/aromatic N) is 3. The van der Waals surface area contributed by atoms with E-state index < -0.39 is 0 Å². The fourth-order valence-corrected chi connectivity index (χ4v) is 5.14. The standard InChI is InChI=1S/C21H26N4S/c1-4-25(5-2)16-12-10-15(11-13-16)24-20-19-17-8-6-7-9-18(17)26-21(19)23-14(3)22-20/h10-13H,4-9H2,1-3H3,(H,22,23,24). The number of nitrogens with one attached hydrogen (secondary N) is 1. The molecule has 0 fully saturated rings. The Hall–Kier alpha value is -2.14. The van der Waals surface area contributed by atoms with Gasteiger partial charge < -0.3 is 10.2 Å². The molecule has 26 heavy (non-hydrogen) atoms. The minimum absolute atomic E-state index is 0.832. The Morgan fingerprint density at radius 3 is 2.50 bits per heavy atom. The highest BCUT2D eigenvalue weighted by molar-refractivity contribution is 7.19.